The molecule has 1 N–H and O–H groups in total. The van der Waals surface area contributed by atoms with E-state index >= 15 is 0 Å². The second-order valence-corrected chi connectivity index (χ2v) is 3.45. The molecule has 80 valence electrons. The van der Waals surface area contributed by atoms with E-state index in [0.717, 1.165) is 5.56 Å². The van der Waals surface area contributed by atoms with Crippen LogP contribution in [0.5, 0.6) is 0 Å². The van der Waals surface area contributed by atoms with Gasteiger partial charge in [0.2, 0.25) is 0 Å². The van der Waals surface area contributed by atoms with Crippen molar-refractivity contribution in [2.45, 2.75) is 18.6 Å². The summed E-state index contributed by atoms with van der Waals surface area (Å²) in [6.45, 7) is 0. The summed E-state index contributed by atoms with van der Waals surface area (Å²) in [5.41, 5.74) is 3.95. The van der Waals surface area contributed by atoms with E-state index in [0.29, 0.717) is 6.42 Å². The minimum Gasteiger partial charge on any atom is -0.467 e. The Bertz CT molecular complexity index is 339. The number of methoxy groups -OCH3 is 1. The number of carbonyl (C=O) groups excluding carboxylic acids is 1. The largest absolute Gasteiger partial charge is 0.467 e. The number of esters is 1. The molecule has 0 saturated carbocycles. The number of hydrogen-bond donors (Lipinski definition) is 1. The van der Waals surface area contributed by atoms with Crippen LogP contribution in [0.4, 0.5) is 0 Å². The maximum atomic E-state index is 11.2. The lowest BCUT2D eigenvalue weighted by Gasteiger charge is -2.07. The first kappa shape index (κ1) is 10.1. The summed E-state index contributed by atoms with van der Waals surface area (Å²) in [6, 6.07) is 9.94. The number of carbonyl (C=O) groups is 1. The highest BCUT2D eigenvalue weighted by Crippen LogP contribution is 2.25. The Morgan fingerprint density at radius 1 is 1.47 bits per heavy atom. The van der Waals surface area contributed by atoms with Gasteiger partial charge in [-0.25, -0.2) is 4.79 Å². The first-order valence-corrected chi connectivity index (χ1v) is 4.85. The predicted molar refractivity (Wildman–Crippen MR) is 53.8 cm³/mol. The molecule has 2 atom stereocenters. The topological polar surface area (TPSA) is 47.6 Å². The van der Waals surface area contributed by atoms with Crippen LogP contribution in [-0.2, 0) is 14.4 Å². The van der Waals surface area contributed by atoms with Gasteiger partial charge in [-0.2, -0.15) is 5.48 Å². The Morgan fingerprint density at radius 2 is 2.20 bits per heavy atom. The van der Waals surface area contributed by atoms with Crippen molar-refractivity contribution >= 4 is 5.97 Å². The Labute approximate surface area is 88.1 Å². The van der Waals surface area contributed by atoms with Gasteiger partial charge in [0.05, 0.1) is 13.2 Å². The van der Waals surface area contributed by atoms with Crippen LogP contribution in [-0.4, -0.2) is 19.2 Å². The molecule has 15 heavy (non-hydrogen) atoms. The summed E-state index contributed by atoms with van der Waals surface area (Å²) < 4.78 is 4.61. The van der Waals surface area contributed by atoms with Crippen molar-refractivity contribution < 1.29 is 14.4 Å². The fraction of sp³-hybridized carbons (Fsp3) is 0.364. The molecule has 1 aromatic rings. The van der Waals surface area contributed by atoms with E-state index in [4.69, 9.17) is 4.84 Å². The number of rotatable bonds is 2. The van der Waals surface area contributed by atoms with Crippen LogP contribution < -0.4 is 5.48 Å². The predicted octanol–water partition coefficient (Wildman–Crippen LogP) is 1.19. The molecule has 1 aromatic carbocycles. The zero-order chi connectivity index (χ0) is 10.7. The van der Waals surface area contributed by atoms with Crippen molar-refractivity contribution in [3.8, 4) is 0 Å². The molecule has 1 saturated heterocycles. The lowest BCUT2D eigenvalue weighted by atomic mass is 10.0. The van der Waals surface area contributed by atoms with E-state index in [2.05, 4.69) is 10.2 Å². The third-order valence-corrected chi connectivity index (χ3v) is 2.47. The van der Waals surface area contributed by atoms with E-state index in [1.807, 2.05) is 30.3 Å². The summed E-state index contributed by atoms with van der Waals surface area (Å²) in [5, 5.41) is 0. The Hall–Kier alpha value is -1.39. The summed E-state index contributed by atoms with van der Waals surface area (Å²) >= 11 is 0. The minimum absolute atomic E-state index is 0.0651. The van der Waals surface area contributed by atoms with Gasteiger partial charge in [0, 0.05) is 6.42 Å². The summed E-state index contributed by atoms with van der Waals surface area (Å²) in [4.78, 5) is 16.4. The maximum absolute atomic E-state index is 11.2. The average Bonchev–Trinajstić information content (AvgIpc) is 2.78. The van der Waals surface area contributed by atoms with Gasteiger partial charge in [0.25, 0.3) is 0 Å². The molecular formula is C11H13NO3. The Kier molecular flexibility index (Phi) is 2.99. The molecular weight excluding hydrogens is 194 g/mol. The third-order valence-electron chi connectivity index (χ3n) is 2.47. The first-order chi connectivity index (χ1) is 7.31. The molecule has 0 spiro atoms. The van der Waals surface area contributed by atoms with Gasteiger partial charge in [0.15, 0.2) is 6.10 Å². The van der Waals surface area contributed by atoms with E-state index < -0.39 is 6.10 Å². The molecule has 1 aliphatic rings. The lowest BCUT2D eigenvalue weighted by Crippen LogP contribution is -2.22. The third kappa shape index (κ3) is 2.16. The SMILES string of the molecule is COC(=O)C1CC(c2ccccc2)NO1. The summed E-state index contributed by atoms with van der Waals surface area (Å²) in [7, 11) is 1.36. The molecule has 0 amide bonds. The van der Waals surface area contributed by atoms with Crippen LogP contribution in [0.1, 0.15) is 18.0 Å². The van der Waals surface area contributed by atoms with Crippen LogP contribution in [0.2, 0.25) is 0 Å². The standard InChI is InChI=1S/C11H13NO3/c1-14-11(13)10-7-9(12-15-10)8-5-3-2-4-6-8/h2-6,9-10,12H,7H2,1H3. The molecule has 1 aliphatic heterocycles. The fourth-order valence-electron chi connectivity index (χ4n) is 1.64. The quantitative estimate of drug-likeness (QED) is 0.740. The normalized spacial score (nSPS) is 25.1. The van der Waals surface area contributed by atoms with E-state index in [1.165, 1.54) is 7.11 Å². The van der Waals surface area contributed by atoms with Gasteiger partial charge in [-0.15, -0.1) is 0 Å². The molecule has 4 nitrogen and oxygen atoms in total. The molecule has 2 rings (SSSR count). The number of hydroxylamine groups is 1. The van der Waals surface area contributed by atoms with Crippen molar-refractivity contribution in [1.29, 1.82) is 0 Å². The van der Waals surface area contributed by atoms with Crippen LogP contribution in [0.3, 0.4) is 0 Å². The molecule has 0 radical (unpaired) electrons. The zero-order valence-corrected chi connectivity index (χ0v) is 8.47. The minimum atomic E-state index is -0.500. The molecule has 2 unspecified atom stereocenters. The first-order valence-electron chi connectivity index (χ1n) is 4.85. The van der Waals surface area contributed by atoms with Gasteiger partial charge < -0.3 is 4.74 Å². The second-order valence-electron chi connectivity index (χ2n) is 3.45. The van der Waals surface area contributed by atoms with Crippen molar-refractivity contribution in [1.82, 2.24) is 5.48 Å². The van der Waals surface area contributed by atoms with Crippen molar-refractivity contribution in [2.75, 3.05) is 7.11 Å². The highest BCUT2D eigenvalue weighted by atomic mass is 16.7. The molecule has 0 bridgehead atoms. The number of nitrogens with one attached hydrogen (secondary N) is 1. The Balaban J connectivity index is 2.02. The number of hydrogen-bond acceptors (Lipinski definition) is 4. The van der Waals surface area contributed by atoms with Crippen molar-refractivity contribution in [3.63, 3.8) is 0 Å². The van der Waals surface area contributed by atoms with Gasteiger partial charge in [-0.05, 0) is 5.56 Å². The molecule has 4 heteroatoms. The average molecular weight is 207 g/mol. The van der Waals surface area contributed by atoms with E-state index in [9.17, 15) is 4.79 Å². The van der Waals surface area contributed by atoms with Gasteiger partial charge >= 0.3 is 5.97 Å². The fourth-order valence-corrected chi connectivity index (χ4v) is 1.64. The van der Waals surface area contributed by atoms with Gasteiger partial charge in [0.1, 0.15) is 0 Å². The van der Waals surface area contributed by atoms with Crippen molar-refractivity contribution in [3.05, 3.63) is 35.9 Å². The highest BCUT2D eigenvalue weighted by Gasteiger charge is 2.32. The number of ether oxygens (including phenoxy) is 1. The van der Waals surface area contributed by atoms with Gasteiger partial charge in [-0.3, -0.25) is 4.84 Å². The lowest BCUT2D eigenvalue weighted by molar-refractivity contribution is -0.154. The molecule has 0 aromatic heterocycles. The van der Waals surface area contributed by atoms with Crippen molar-refractivity contribution in [2.24, 2.45) is 0 Å². The van der Waals surface area contributed by atoms with E-state index in [-0.39, 0.29) is 12.0 Å². The molecule has 1 fully saturated rings. The second kappa shape index (κ2) is 4.42. The van der Waals surface area contributed by atoms with Crippen LogP contribution >= 0.6 is 0 Å². The monoisotopic (exact) mass is 207 g/mol. The maximum Gasteiger partial charge on any atom is 0.337 e. The van der Waals surface area contributed by atoms with Crippen LogP contribution in [0.25, 0.3) is 0 Å². The number of benzene rings is 1. The molecule has 0 aliphatic carbocycles. The summed E-state index contributed by atoms with van der Waals surface area (Å²) in [6.07, 6.45) is 0.108. The molecule has 1 heterocycles. The van der Waals surface area contributed by atoms with Gasteiger partial charge in [-0.1, -0.05) is 30.3 Å². The Morgan fingerprint density at radius 3 is 2.87 bits per heavy atom. The van der Waals surface area contributed by atoms with E-state index in [1.54, 1.807) is 0 Å². The zero-order valence-electron chi connectivity index (χ0n) is 8.47. The highest BCUT2D eigenvalue weighted by molar-refractivity contribution is 5.74. The van der Waals surface area contributed by atoms with Crippen LogP contribution in [0.15, 0.2) is 30.3 Å². The van der Waals surface area contributed by atoms with Crippen LogP contribution in [0, 0.1) is 0 Å². The smallest absolute Gasteiger partial charge is 0.337 e. The summed E-state index contributed by atoms with van der Waals surface area (Å²) in [5.74, 6) is -0.332.